The number of aryl methyl sites for hydroxylation is 1. The third kappa shape index (κ3) is 5.46. The lowest BCUT2D eigenvalue weighted by Gasteiger charge is -2.19. The average molecular weight is 332 g/mol. The molecule has 1 heterocycles. The lowest BCUT2D eigenvalue weighted by molar-refractivity contribution is -0.154. The number of ether oxygens (including phenoxy) is 1. The van der Waals surface area contributed by atoms with Gasteiger partial charge in [0.25, 0.3) is 0 Å². The molecule has 0 unspecified atom stereocenters. The molecule has 0 radical (unpaired) electrons. The molecule has 19 heavy (non-hydrogen) atoms. The first-order valence-electron chi connectivity index (χ1n) is 6.00. The van der Waals surface area contributed by atoms with Crippen LogP contribution in [-0.4, -0.2) is 27.2 Å². The van der Waals surface area contributed by atoms with E-state index in [1.54, 1.807) is 10.8 Å². The van der Waals surface area contributed by atoms with E-state index in [9.17, 15) is 9.59 Å². The Morgan fingerprint density at radius 2 is 2.05 bits per heavy atom. The minimum absolute atomic E-state index is 0.205. The van der Waals surface area contributed by atoms with Gasteiger partial charge < -0.3 is 14.4 Å². The Kier molecular flexibility index (Phi) is 5.17. The van der Waals surface area contributed by atoms with Crippen molar-refractivity contribution in [1.29, 1.82) is 0 Å². The Balaban J connectivity index is 2.50. The van der Waals surface area contributed by atoms with E-state index in [2.05, 4.69) is 15.9 Å². The molecular weight excluding hydrogens is 314 g/mol. The summed E-state index contributed by atoms with van der Waals surface area (Å²) < 4.78 is 7.50. The van der Waals surface area contributed by atoms with Crippen molar-refractivity contribution < 1.29 is 19.4 Å². The van der Waals surface area contributed by atoms with Crippen LogP contribution in [0.1, 0.15) is 44.1 Å². The van der Waals surface area contributed by atoms with Crippen molar-refractivity contribution in [3.05, 3.63) is 22.4 Å². The van der Waals surface area contributed by atoms with Gasteiger partial charge in [0, 0.05) is 23.6 Å². The summed E-state index contributed by atoms with van der Waals surface area (Å²) in [5.74, 6) is -1.25. The lowest BCUT2D eigenvalue weighted by Crippen LogP contribution is -2.23. The second kappa shape index (κ2) is 6.23. The summed E-state index contributed by atoms with van der Waals surface area (Å²) in [6.07, 6.45) is 2.50. The Morgan fingerprint density at radius 3 is 2.58 bits per heavy atom. The second-order valence-corrected chi connectivity index (χ2v) is 6.15. The quantitative estimate of drug-likeness (QED) is 0.842. The van der Waals surface area contributed by atoms with Crippen molar-refractivity contribution in [2.75, 3.05) is 0 Å². The van der Waals surface area contributed by atoms with E-state index in [-0.39, 0.29) is 18.1 Å². The highest BCUT2D eigenvalue weighted by Crippen LogP contribution is 2.16. The Hall–Kier alpha value is -1.30. The number of aromatic nitrogens is 1. The lowest BCUT2D eigenvalue weighted by atomic mass is 10.2. The topological polar surface area (TPSA) is 68.5 Å². The molecule has 0 saturated heterocycles. The third-order valence-corrected chi connectivity index (χ3v) is 2.72. The van der Waals surface area contributed by atoms with Gasteiger partial charge in [0.2, 0.25) is 0 Å². The molecule has 106 valence electrons. The fraction of sp³-hybridized carbons (Fsp3) is 0.538. The van der Waals surface area contributed by atoms with E-state index in [4.69, 9.17) is 9.84 Å². The van der Waals surface area contributed by atoms with Crippen LogP contribution in [0, 0.1) is 0 Å². The molecule has 0 aromatic carbocycles. The van der Waals surface area contributed by atoms with Crippen molar-refractivity contribution in [2.24, 2.45) is 0 Å². The molecule has 1 N–H and O–H groups in total. The minimum Gasteiger partial charge on any atom is -0.477 e. The van der Waals surface area contributed by atoms with Gasteiger partial charge in [-0.15, -0.1) is 0 Å². The standard InChI is InChI=1S/C13H18BrNO4/c1-13(2,3)19-11(16)5-4-6-15-8-9(14)7-10(15)12(17)18/h7-8H,4-6H2,1-3H3,(H,17,18). The van der Waals surface area contributed by atoms with Gasteiger partial charge in [-0.05, 0) is 49.2 Å². The van der Waals surface area contributed by atoms with Gasteiger partial charge >= 0.3 is 11.9 Å². The van der Waals surface area contributed by atoms with E-state index in [0.29, 0.717) is 17.4 Å². The largest absolute Gasteiger partial charge is 0.477 e. The van der Waals surface area contributed by atoms with Crippen molar-refractivity contribution in [2.45, 2.75) is 45.8 Å². The molecule has 1 aromatic heterocycles. The zero-order valence-corrected chi connectivity index (χ0v) is 12.9. The number of esters is 1. The van der Waals surface area contributed by atoms with Gasteiger partial charge in [0.05, 0.1) is 0 Å². The molecule has 1 rings (SSSR count). The summed E-state index contributed by atoms with van der Waals surface area (Å²) in [5, 5.41) is 9.01. The zero-order chi connectivity index (χ0) is 14.6. The summed E-state index contributed by atoms with van der Waals surface area (Å²) in [5.41, 5.74) is -0.282. The number of carboxylic acids is 1. The molecule has 0 saturated carbocycles. The zero-order valence-electron chi connectivity index (χ0n) is 11.3. The van der Waals surface area contributed by atoms with E-state index in [0.717, 1.165) is 0 Å². The molecule has 0 spiro atoms. The molecule has 0 aliphatic carbocycles. The van der Waals surface area contributed by atoms with Gasteiger partial charge in [-0.25, -0.2) is 4.79 Å². The molecule has 0 aliphatic heterocycles. The van der Waals surface area contributed by atoms with Crippen LogP contribution in [0.5, 0.6) is 0 Å². The van der Waals surface area contributed by atoms with Crippen LogP contribution in [0.4, 0.5) is 0 Å². The van der Waals surface area contributed by atoms with Crippen LogP contribution in [0.15, 0.2) is 16.7 Å². The van der Waals surface area contributed by atoms with Crippen LogP contribution in [0.2, 0.25) is 0 Å². The number of carbonyl (C=O) groups is 2. The van der Waals surface area contributed by atoms with Gasteiger partial charge in [0.15, 0.2) is 0 Å². The van der Waals surface area contributed by atoms with Crippen LogP contribution in [0.25, 0.3) is 0 Å². The number of rotatable bonds is 5. The highest BCUT2D eigenvalue weighted by Gasteiger charge is 2.16. The van der Waals surface area contributed by atoms with Crippen molar-refractivity contribution in [1.82, 2.24) is 4.57 Å². The summed E-state index contributed by atoms with van der Waals surface area (Å²) in [4.78, 5) is 22.5. The summed E-state index contributed by atoms with van der Waals surface area (Å²) in [6, 6.07) is 1.54. The van der Waals surface area contributed by atoms with Crippen molar-refractivity contribution >= 4 is 27.9 Å². The minimum atomic E-state index is -0.983. The van der Waals surface area contributed by atoms with Crippen molar-refractivity contribution in [3.8, 4) is 0 Å². The molecule has 0 atom stereocenters. The molecule has 0 aliphatic rings. The Labute approximate surface area is 120 Å². The van der Waals surface area contributed by atoms with Crippen LogP contribution < -0.4 is 0 Å². The molecular formula is C13H18BrNO4. The summed E-state index contributed by atoms with van der Waals surface area (Å²) >= 11 is 3.24. The molecule has 5 nitrogen and oxygen atoms in total. The second-order valence-electron chi connectivity index (χ2n) is 5.23. The highest BCUT2D eigenvalue weighted by molar-refractivity contribution is 9.10. The average Bonchev–Trinajstić information content (AvgIpc) is 2.57. The van der Waals surface area contributed by atoms with Gasteiger partial charge in [-0.1, -0.05) is 0 Å². The third-order valence-electron chi connectivity index (χ3n) is 2.28. The normalized spacial score (nSPS) is 11.4. The molecule has 1 aromatic rings. The van der Waals surface area contributed by atoms with E-state index in [1.807, 2.05) is 20.8 Å². The smallest absolute Gasteiger partial charge is 0.352 e. The van der Waals surface area contributed by atoms with Gasteiger partial charge in [-0.2, -0.15) is 0 Å². The first kappa shape index (κ1) is 15.8. The van der Waals surface area contributed by atoms with E-state index < -0.39 is 11.6 Å². The maximum absolute atomic E-state index is 11.5. The monoisotopic (exact) mass is 331 g/mol. The maximum atomic E-state index is 11.5. The summed E-state index contributed by atoms with van der Waals surface area (Å²) in [6.45, 7) is 5.91. The predicted molar refractivity (Wildman–Crippen MR) is 74.2 cm³/mol. The number of hydrogen-bond donors (Lipinski definition) is 1. The Morgan fingerprint density at radius 1 is 1.42 bits per heavy atom. The molecule has 6 heteroatoms. The number of halogens is 1. The number of hydrogen-bond acceptors (Lipinski definition) is 3. The molecule has 0 fully saturated rings. The van der Waals surface area contributed by atoms with Crippen molar-refractivity contribution in [3.63, 3.8) is 0 Å². The van der Waals surface area contributed by atoms with E-state index in [1.165, 1.54) is 6.07 Å². The first-order chi connectivity index (χ1) is 8.69. The SMILES string of the molecule is CC(C)(C)OC(=O)CCCn1cc(Br)cc1C(=O)O. The Bertz CT molecular complexity index is 473. The number of nitrogens with zero attached hydrogens (tertiary/aromatic N) is 1. The number of carboxylic acid groups (broad SMARTS) is 1. The first-order valence-corrected chi connectivity index (χ1v) is 6.79. The van der Waals surface area contributed by atoms with Crippen LogP contribution in [0.3, 0.4) is 0 Å². The number of carbonyl (C=O) groups excluding carboxylic acids is 1. The predicted octanol–water partition coefficient (Wildman–Crippen LogP) is 3.07. The maximum Gasteiger partial charge on any atom is 0.352 e. The molecule has 0 amide bonds. The van der Waals surface area contributed by atoms with Gasteiger partial charge in [-0.3, -0.25) is 4.79 Å². The fourth-order valence-electron chi connectivity index (χ4n) is 1.63. The fourth-order valence-corrected chi connectivity index (χ4v) is 2.09. The van der Waals surface area contributed by atoms with Gasteiger partial charge in [0.1, 0.15) is 11.3 Å². The van der Waals surface area contributed by atoms with E-state index >= 15 is 0 Å². The number of aromatic carboxylic acids is 1. The molecule has 0 bridgehead atoms. The summed E-state index contributed by atoms with van der Waals surface area (Å²) in [7, 11) is 0. The van der Waals surface area contributed by atoms with Crippen LogP contribution in [-0.2, 0) is 16.1 Å². The van der Waals surface area contributed by atoms with Crippen LogP contribution >= 0.6 is 15.9 Å². The highest BCUT2D eigenvalue weighted by atomic mass is 79.9.